The summed E-state index contributed by atoms with van der Waals surface area (Å²) in [6.45, 7) is 2.01. The van der Waals surface area contributed by atoms with Gasteiger partial charge in [-0.15, -0.1) is 0 Å². The Hall–Kier alpha value is -0.310. The monoisotopic (exact) mass is 317 g/mol. The fourth-order valence-electron chi connectivity index (χ4n) is 3.00. The average Bonchev–Trinajstić information content (AvgIpc) is 2.37. The van der Waals surface area contributed by atoms with E-state index in [1.165, 1.54) is 51.0 Å². The van der Waals surface area contributed by atoms with Crippen LogP contribution in [0.1, 0.15) is 63.5 Å². The SMILES string of the molecule is CC(NC1CCCCCCC1)c1c(Cl)ccc(F)c1Cl. The van der Waals surface area contributed by atoms with Crippen LogP contribution >= 0.6 is 23.2 Å². The summed E-state index contributed by atoms with van der Waals surface area (Å²) in [7, 11) is 0. The number of benzene rings is 1. The summed E-state index contributed by atoms with van der Waals surface area (Å²) >= 11 is 12.3. The average molecular weight is 318 g/mol. The number of halogens is 3. The Kier molecular flexibility index (Phi) is 6.13. The van der Waals surface area contributed by atoms with E-state index in [2.05, 4.69) is 5.32 Å². The molecule has 0 saturated heterocycles. The van der Waals surface area contributed by atoms with Crippen LogP contribution in [-0.4, -0.2) is 6.04 Å². The lowest BCUT2D eigenvalue weighted by Crippen LogP contribution is -2.32. The zero-order chi connectivity index (χ0) is 14.5. The molecule has 0 aromatic heterocycles. The third-order valence-corrected chi connectivity index (χ3v) is 4.82. The normalized spacial score (nSPS) is 19.4. The van der Waals surface area contributed by atoms with Gasteiger partial charge in [-0.2, -0.15) is 0 Å². The van der Waals surface area contributed by atoms with Crippen molar-refractivity contribution in [3.8, 4) is 0 Å². The van der Waals surface area contributed by atoms with Gasteiger partial charge in [0.2, 0.25) is 0 Å². The molecule has 0 amide bonds. The largest absolute Gasteiger partial charge is 0.307 e. The number of hydrogen-bond donors (Lipinski definition) is 1. The molecule has 2 rings (SSSR count). The van der Waals surface area contributed by atoms with Crippen molar-refractivity contribution in [1.29, 1.82) is 0 Å². The van der Waals surface area contributed by atoms with Gasteiger partial charge in [-0.1, -0.05) is 55.3 Å². The maximum absolute atomic E-state index is 13.6. The second-order valence-corrected chi connectivity index (χ2v) is 6.47. The minimum Gasteiger partial charge on any atom is -0.307 e. The molecule has 1 fully saturated rings. The van der Waals surface area contributed by atoms with E-state index in [0.717, 1.165) is 0 Å². The smallest absolute Gasteiger partial charge is 0.142 e. The van der Waals surface area contributed by atoms with Crippen LogP contribution in [0.5, 0.6) is 0 Å². The van der Waals surface area contributed by atoms with Crippen molar-refractivity contribution in [3.63, 3.8) is 0 Å². The van der Waals surface area contributed by atoms with Crippen molar-refractivity contribution in [2.45, 2.75) is 64.0 Å². The highest BCUT2D eigenvalue weighted by molar-refractivity contribution is 6.36. The van der Waals surface area contributed by atoms with E-state index in [1.807, 2.05) is 6.92 Å². The summed E-state index contributed by atoms with van der Waals surface area (Å²) in [5.41, 5.74) is 0.676. The van der Waals surface area contributed by atoms with E-state index < -0.39 is 5.82 Å². The van der Waals surface area contributed by atoms with Crippen LogP contribution in [0.3, 0.4) is 0 Å². The molecule has 0 bridgehead atoms. The first-order valence-electron chi connectivity index (χ1n) is 7.49. The first-order valence-corrected chi connectivity index (χ1v) is 8.24. The molecule has 0 aliphatic heterocycles. The van der Waals surface area contributed by atoms with Gasteiger partial charge in [0.15, 0.2) is 0 Å². The topological polar surface area (TPSA) is 12.0 Å². The van der Waals surface area contributed by atoms with Crippen molar-refractivity contribution >= 4 is 23.2 Å². The van der Waals surface area contributed by atoms with Crippen molar-refractivity contribution in [2.24, 2.45) is 0 Å². The molecule has 112 valence electrons. The van der Waals surface area contributed by atoms with Gasteiger partial charge in [0, 0.05) is 22.7 Å². The van der Waals surface area contributed by atoms with Gasteiger partial charge >= 0.3 is 0 Å². The number of rotatable bonds is 3. The molecule has 0 spiro atoms. The molecule has 1 N–H and O–H groups in total. The Morgan fingerprint density at radius 2 is 1.70 bits per heavy atom. The van der Waals surface area contributed by atoms with Gasteiger partial charge in [-0.25, -0.2) is 4.39 Å². The van der Waals surface area contributed by atoms with E-state index in [4.69, 9.17) is 23.2 Å². The predicted octanol–water partition coefficient (Wildman–Crippen LogP) is 5.90. The zero-order valence-electron chi connectivity index (χ0n) is 11.9. The van der Waals surface area contributed by atoms with E-state index in [9.17, 15) is 4.39 Å². The van der Waals surface area contributed by atoms with E-state index in [0.29, 0.717) is 16.6 Å². The summed E-state index contributed by atoms with van der Waals surface area (Å²) in [5.74, 6) is -0.405. The second-order valence-electron chi connectivity index (χ2n) is 5.69. The summed E-state index contributed by atoms with van der Waals surface area (Å²) in [4.78, 5) is 0. The first kappa shape index (κ1) is 16.1. The Balaban J connectivity index is 2.07. The summed E-state index contributed by atoms with van der Waals surface area (Å²) in [5, 5.41) is 4.25. The lowest BCUT2D eigenvalue weighted by Gasteiger charge is -2.26. The molecular weight excluding hydrogens is 296 g/mol. The Morgan fingerprint density at radius 1 is 1.10 bits per heavy atom. The van der Waals surface area contributed by atoms with E-state index >= 15 is 0 Å². The molecule has 20 heavy (non-hydrogen) atoms. The molecule has 1 nitrogen and oxygen atoms in total. The van der Waals surface area contributed by atoms with Gasteiger partial charge < -0.3 is 5.32 Å². The third-order valence-electron chi connectivity index (χ3n) is 4.10. The molecule has 1 aromatic carbocycles. The molecule has 0 heterocycles. The molecule has 4 heteroatoms. The molecule has 0 radical (unpaired) electrons. The highest BCUT2D eigenvalue weighted by Crippen LogP contribution is 2.33. The summed E-state index contributed by atoms with van der Waals surface area (Å²) < 4.78 is 13.6. The van der Waals surface area contributed by atoms with Gasteiger partial charge in [-0.3, -0.25) is 0 Å². The van der Waals surface area contributed by atoms with Crippen LogP contribution in [0.25, 0.3) is 0 Å². The van der Waals surface area contributed by atoms with Crippen molar-refractivity contribution in [3.05, 3.63) is 33.6 Å². The highest BCUT2D eigenvalue weighted by atomic mass is 35.5. The Labute approximate surface area is 130 Å². The van der Waals surface area contributed by atoms with Crippen molar-refractivity contribution in [1.82, 2.24) is 5.32 Å². The van der Waals surface area contributed by atoms with Gasteiger partial charge in [0.25, 0.3) is 0 Å². The Morgan fingerprint density at radius 3 is 2.35 bits per heavy atom. The van der Waals surface area contributed by atoms with E-state index in [-0.39, 0.29) is 11.1 Å². The molecule has 1 atom stereocenters. The molecule has 1 unspecified atom stereocenters. The van der Waals surface area contributed by atoms with Gasteiger partial charge in [0.05, 0.1) is 5.02 Å². The van der Waals surface area contributed by atoms with Crippen molar-refractivity contribution < 1.29 is 4.39 Å². The summed E-state index contributed by atoms with van der Waals surface area (Å²) in [6, 6.07) is 3.33. The standard InChI is InChI=1S/C16H22Cl2FN/c1-11(15-13(17)9-10-14(19)16(15)18)20-12-7-5-3-2-4-6-8-12/h9-12,20H,2-8H2,1H3. The van der Waals surface area contributed by atoms with Crippen LogP contribution < -0.4 is 5.32 Å². The third kappa shape index (κ3) is 4.09. The molecule has 1 aromatic rings. The molecule has 1 aliphatic rings. The maximum Gasteiger partial charge on any atom is 0.142 e. The van der Waals surface area contributed by atoms with Crippen LogP contribution in [0.4, 0.5) is 4.39 Å². The van der Waals surface area contributed by atoms with Crippen molar-refractivity contribution in [2.75, 3.05) is 0 Å². The Bertz CT molecular complexity index is 442. The molecule has 1 saturated carbocycles. The second kappa shape index (κ2) is 7.63. The summed E-state index contributed by atoms with van der Waals surface area (Å²) in [6.07, 6.45) is 8.85. The number of hydrogen-bond acceptors (Lipinski definition) is 1. The highest BCUT2D eigenvalue weighted by Gasteiger charge is 2.20. The molecule has 1 aliphatic carbocycles. The number of nitrogens with one attached hydrogen (secondary N) is 1. The quantitative estimate of drug-likeness (QED) is 0.685. The minimum atomic E-state index is -0.405. The van der Waals surface area contributed by atoms with E-state index in [1.54, 1.807) is 6.07 Å². The van der Waals surface area contributed by atoms with Crippen LogP contribution in [0, 0.1) is 5.82 Å². The zero-order valence-corrected chi connectivity index (χ0v) is 13.4. The van der Waals surface area contributed by atoms with Crippen LogP contribution in [0.15, 0.2) is 12.1 Å². The van der Waals surface area contributed by atoms with Gasteiger partial charge in [-0.05, 0) is 31.9 Å². The minimum absolute atomic E-state index is 0.0323. The fraction of sp³-hybridized carbons (Fsp3) is 0.625. The first-order chi connectivity index (χ1) is 9.59. The fourth-order valence-corrected chi connectivity index (χ4v) is 3.70. The predicted molar refractivity (Wildman–Crippen MR) is 84.1 cm³/mol. The van der Waals surface area contributed by atoms with Crippen LogP contribution in [-0.2, 0) is 0 Å². The molecular formula is C16H22Cl2FN. The lowest BCUT2D eigenvalue weighted by atomic mass is 9.95. The maximum atomic E-state index is 13.6. The van der Waals surface area contributed by atoms with Crippen LogP contribution in [0.2, 0.25) is 10.0 Å². The lowest BCUT2D eigenvalue weighted by molar-refractivity contribution is 0.362. The van der Waals surface area contributed by atoms with Gasteiger partial charge in [0.1, 0.15) is 5.82 Å².